The molecule has 1 heterocycles. The Morgan fingerprint density at radius 2 is 1.47 bits per heavy atom. The minimum Gasteiger partial charge on any atom is -0.307 e. The van der Waals surface area contributed by atoms with Gasteiger partial charge in [0.05, 0.1) is 12.8 Å². The minimum atomic E-state index is 0.0480. The Morgan fingerprint density at radius 3 is 2.00 bits per heavy atom. The number of amides is 1. The second-order valence-corrected chi connectivity index (χ2v) is 9.87. The molecule has 0 saturated heterocycles. The number of aliphatic imine (C=N–C) groups is 1. The molecule has 0 aromatic heterocycles. The molecule has 1 N–H and O–H groups in total. The van der Waals surface area contributed by atoms with E-state index >= 15 is 0 Å². The molecule has 4 heteroatoms. The number of allylic oxidation sites excluding steroid dienone is 2. The summed E-state index contributed by atoms with van der Waals surface area (Å²) in [4.78, 5) is 16.3. The van der Waals surface area contributed by atoms with Gasteiger partial charge in [0.15, 0.2) is 12.3 Å². The molecule has 0 bridgehead atoms. The largest absolute Gasteiger partial charge is 0.307 e. The van der Waals surface area contributed by atoms with E-state index in [1.165, 1.54) is 89.9 Å². The quantitative estimate of drug-likeness (QED) is 0.117. The highest BCUT2D eigenvalue weighted by molar-refractivity contribution is 5.73. The fourth-order valence-electron chi connectivity index (χ4n) is 5.12. The Kier molecular flexibility index (Phi) is 16.5. The first-order valence-corrected chi connectivity index (χ1v) is 13.9. The second-order valence-electron chi connectivity index (χ2n) is 9.87. The summed E-state index contributed by atoms with van der Waals surface area (Å²) < 4.78 is 0.853. The third-order valence-corrected chi connectivity index (χ3v) is 7.30. The van der Waals surface area contributed by atoms with Crippen LogP contribution in [-0.2, 0) is 4.79 Å². The maximum Gasteiger partial charge on any atom is 0.221 e. The molecule has 0 fully saturated rings. The molecule has 1 rings (SSSR count). The molecule has 186 valence electrons. The molecule has 4 nitrogen and oxygen atoms in total. The lowest BCUT2D eigenvalue weighted by atomic mass is 10.0. The fraction of sp³-hybridized carbons (Fsp3) is 0.857. The molecule has 0 aliphatic carbocycles. The third-order valence-electron chi connectivity index (χ3n) is 7.30. The molecule has 0 radical (unpaired) electrons. The van der Waals surface area contributed by atoms with Crippen molar-refractivity contribution in [2.24, 2.45) is 4.99 Å². The molecule has 0 aromatic carbocycles. The lowest BCUT2D eigenvalue weighted by Crippen LogP contribution is -2.63. The Balaban J connectivity index is 2.02. The van der Waals surface area contributed by atoms with E-state index in [4.69, 9.17) is 4.99 Å². The van der Waals surface area contributed by atoms with Crippen molar-refractivity contribution in [2.45, 2.75) is 143 Å². The van der Waals surface area contributed by atoms with Crippen molar-refractivity contribution in [3.05, 3.63) is 12.2 Å². The summed E-state index contributed by atoms with van der Waals surface area (Å²) in [6.07, 6.45) is 28.9. The van der Waals surface area contributed by atoms with E-state index in [9.17, 15) is 4.79 Å². The summed E-state index contributed by atoms with van der Waals surface area (Å²) in [5, 5.41) is 3.10. The van der Waals surface area contributed by atoms with Crippen LogP contribution in [0.15, 0.2) is 17.1 Å². The Bertz CT molecular complexity index is 531. The van der Waals surface area contributed by atoms with Gasteiger partial charge in [0.2, 0.25) is 5.91 Å². The number of nitrogens with zero attached hydrogens (tertiary/aromatic N) is 2. The zero-order valence-electron chi connectivity index (χ0n) is 21.9. The van der Waals surface area contributed by atoms with Gasteiger partial charge in [-0.05, 0) is 26.2 Å². The summed E-state index contributed by atoms with van der Waals surface area (Å²) in [6, 6.07) is 0. The Morgan fingerprint density at radius 1 is 0.938 bits per heavy atom. The normalized spacial score (nSPS) is 21.4. The first-order valence-electron chi connectivity index (χ1n) is 13.9. The monoisotopic (exact) mass is 448 g/mol. The third kappa shape index (κ3) is 11.6. The smallest absolute Gasteiger partial charge is 0.221 e. The van der Waals surface area contributed by atoms with Gasteiger partial charge in [0.1, 0.15) is 6.54 Å². The number of hydrogen-bond acceptors (Lipinski definition) is 2. The molecular weight excluding hydrogens is 394 g/mol. The molecule has 3 unspecified atom stereocenters. The van der Waals surface area contributed by atoms with Crippen LogP contribution in [0, 0.1) is 0 Å². The van der Waals surface area contributed by atoms with Crippen molar-refractivity contribution in [1.29, 1.82) is 0 Å². The van der Waals surface area contributed by atoms with E-state index in [0.29, 0.717) is 0 Å². The molecule has 0 spiro atoms. The summed E-state index contributed by atoms with van der Waals surface area (Å²) in [7, 11) is 0. The van der Waals surface area contributed by atoms with E-state index in [0.717, 1.165) is 30.4 Å². The second kappa shape index (κ2) is 18.3. The lowest BCUT2D eigenvalue weighted by Gasteiger charge is -2.42. The number of hydrogen-bond donors (Lipinski definition) is 1. The van der Waals surface area contributed by atoms with E-state index in [1.807, 2.05) is 0 Å². The van der Waals surface area contributed by atoms with E-state index in [1.54, 1.807) is 6.92 Å². The zero-order chi connectivity index (χ0) is 23.5. The van der Waals surface area contributed by atoms with Crippen LogP contribution < -0.4 is 5.32 Å². The highest BCUT2D eigenvalue weighted by Gasteiger charge is 2.42. The van der Waals surface area contributed by atoms with Gasteiger partial charge in [-0.25, -0.2) is 4.99 Å². The van der Waals surface area contributed by atoms with Gasteiger partial charge < -0.3 is 5.32 Å². The first-order chi connectivity index (χ1) is 15.6. The van der Waals surface area contributed by atoms with Crippen LogP contribution >= 0.6 is 0 Å². The molecule has 32 heavy (non-hydrogen) atoms. The number of quaternary nitrogens is 1. The molecule has 1 amide bonds. The number of rotatable bonds is 20. The van der Waals surface area contributed by atoms with E-state index in [2.05, 4.69) is 44.5 Å². The zero-order valence-corrected chi connectivity index (χ0v) is 21.9. The summed E-state index contributed by atoms with van der Waals surface area (Å²) in [5.74, 6) is 0.0480. The maximum atomic E-state index is 11.5. The predicted octanol–water partition coefficient (Wildman–Crippen LogP) is 7.53. The Labute approximate surface area is 199 Å². The van der Waals surface area contributed by atoms with Crippen LogP contribution in [0.4, 0.5) is 0 Å². The van der Waals surface area contributed by atoms with Crippen molar-refractivity contribution in [3.8, 4) is 0 Å². The van der Waals surface area contributed by atoms with Gasteiger partial charge in [-0.15, -0.1) is 0 Å². The van der Waals surface area contributed by atoms with Crippen molar-refractivity contribution >= 4 is 12.1 Å². The van der Waals surface area contributed by atoms with Crippen LogP contribution in [0.5, 0.6) is 0 Å². The SMILES string of the molecule is CCCCCCCCCCCCCCC/C=C/CCC1N=CC[N+]1(CC)C(C)NC(C)=O. The maximum absolute atomic E-state index is 11.5. The van der Waals surface area contributed by atoms with E-state index < -0.39 is 0 Å². The van der Waals surface area contributed by atoms with Gasteiger partial charge >= 0.3 is 0 Å². The van der Waals surface area contributed by atoms with Gasteiger partial charge in [-0.2, -0.15) is 0 Å². The summed E-state index contributed by atoms with van der Waals surface area (Å²) in [5.41, 5.74) is 0. The predicted molar refractivity (Wildman–Crippen MR) is 140 cm³/mol. The summed E-state index contributed by atoms with van der Waals surface area (Å²) in [6.45, 7) is 10.1. The number of carbonyl (C=O) groups is 1. The number of carbonyl (C=O) groups excluding carboxylic acids is 1. The van der Waals surface area contributed by atoms with Crippen molar-refractivity contribution < 1.29 is 9.28 Å². The lowest BCUT2D eigenvalue weighted by molar-refractivity contribution is -0.959. The molecule has 0 aromatic rings. The van der Waals surface area contributed by atoms with Crippen molar-refractivity contribution in [2.75, 3.05) is 13.1 Å². The fourth-order valence-corrected chi connectivity index (χ4v) is 5.12. The number of unbranched alkanes of at least 4 members (excludes halogenated alkanes) is 13. The molecule has 3 atom stereocenters. The van der Waals surface area contributed by atoms with E-state index in [-0.39, 0.29) is 18.2 Å². The van der Waals surface area contributed by atoms with Crippen molar-refractivity contribution in [3.63, 3.8) is 0 Å². The van der Waals surface area contributed by atoms with Crippen LogP contribution in [0.3, 0.4) is 0 Å². The first kappa shape index (κ1) is 28.9. The Hall–Kier alpha value is -1.16. The van der Waals surface area contributed by atoms with Crippen LogP contribution in [0.1, 0.15) is 130 Å². The van der Waals surface area contributed by atoms with Gasteiger partial charge in [0.25, 0.3) is 0 Å². The van der Waals surface area contributed by atoms with Gasteiger partial charge in [-0.1, -0.05) is 96.1 Å². The topological polar surface area (TPSA) is 41.5 Å². The minimum absolute atomic E-state index is 0.0480. The van der Waals surface area contributed by atoms with Crippen LogP contribution in [0.25, 0.3) is 0 Å². The van der Waals surface area contributed by atoms with Crippen molar-refractivity contribution in [1.82, 2.24) is 5.32 Å². The molecular formula is C28H54N3O+. The molecule has 1 aliphatic rings. The highest BCUT2D eigenvalue weighted by atomic mass is 16.1. The highest BCUT2D eigenvalue weighted by Crippen LogP contribution is 2.26. The van der Waals surface area contributed by atoms with Gasteiger partial charge in [0, 0.05) is 20.3 Å². The number of nitrogens with one attached hydrogen (secondary N) is 1. The summed E-state index contributed by atoms with van der Waals surface area (Å²) >= 11 is 0. The molecule has 1 aliphatic heterocycles. The molecule has 0 saturated carbocycles. The average Bonchev–Trinajstić information content (AvgIpc) is 3.19. The standard InChI is InChI=1S/C28H53N3O/c1-5-7-8-9-10-11-12-13-14-15-16-17-18-19-20-21-22-23-28-29-24-25-31(28,6-2)26(3)30-27(4)32/h20-21,24,26,28H,5-19,22-23,25H2,1-4H3/p+1/b21-20+. The average molecular weight is 449 g/mol. The van der Waals surface area contributed by atoms with Crippen LogP contribution in [-0.4, -0.2) is 42.0 Å². The van der Waals surface area contributed by atoms with Gasteiger partial charge in [-0.3, -0.25) is 9.28 Å². The van der Waals surface area contributed by atoms with Crippen LogP contribution in [0.2, 0.25) is 0 Å².